The van der Waals surface area contributed by atoms with Gasteiger partial charge in [0.1, 0.15) is 17.9 Å². The first-order valence-electron chi connectivity index (χ1n) is 7.12. The zero-order valence-electron chi connectivity index (χ0n) is 12.7. The van der Waals surface area contributed by atoms with E-state index in [4.69, 9.17) is 0 Å². The van der Waals surface area contributed by atoms with Gasteiger partial charge in [-0.3, -0.25) is 14.5 Å². The van der Waals surface area contributed by atoms with Crippen molar-refractivity contribution in [3.05, 3.63) is 52.5 Å². The molecule has 1 aliphatic rings. The van der Waals surface area contributed by atoms with Gasteiger partial charge in [0.05, 0.1) is 0 Å². The molecule has 1 aliphatic heterocycles. The maximum absolute atomic E-state index is 13.1. The lowest BCUT2D eigenvalue weighted by Crippen LogP contribution is -2.41. The van der Waals surface area contributed by atoms with E-state index >= 15 is 0 Å². The van der Waals surface area contributed by atoms with E-state index in [2.05, 4.69) is 10.6 Å². The van der Waals surface area contributed by atoms with Crippen molar-refractivity contribution in [3.63, 3.8) is 0 Å². The first-order chi connectivity index (χ1) is 11.4. The van der Waals surface area contributed by atoms with Crippen LogP contribution in [0.1, 0.15) is 12.5 Å². The first-order valence-corrected chi connectivity index (χ1v) is 8.06. The quantitative estimate of drug-likeness (QED) is 0.833. The number of thiophene rings is 1. The molecule has 0 aliphatic carbocycles. The molecule has 1 aromatic heterocycles. The van der Waals surface area contributed by atoms with Gasteiger partial charge in [0.2, 0.25) is 5.91 Å². The van der Waals surface area contributed by atoms with E-state index in [1.54, 1.807) is 23.8 Å². The van der Waals surface area contributed by atoms with Gasteiger partial charge >= 0.3 is 6.03 Å². The molecule has 2 heterocycles. The number of halogens is 1. The Morgan fingerprint density at radius 3 is 2.83 bits per heavy atom. The van der Waals surface area contributed by atoms with Gasteiger partial charge in [-0.1, -0.05) is 6.07 Å². The molecule has 2 aromatic rings. The van der Waals surface area contributed by atoms with Gasteiger partial charge in [0.15, 0.2) is 0 Å². The van der Waals surface area contributed by atoms with Crippen molar-refractivity contribution in [3.8, 4) is 0 Å². The van der Waals surface area contributed by atoms with E-state index in [0.29, 0.717) is 5.56 Å². The van der Waals surface area contributed by atoms with Gasteiger partial charge in [-0.15, -0.1) is 0 Å². The summed E-state index contributed by atoms with van der Waals surface area (Å²) in [6, 6.07) is 6.48. The highest BCUT2D eigenvalue weighted by molar-refractivity contribution is 7.08. The van der Waals surface area contributed by atoms with Crippen molar-refractivity contribution in [2.45, 2.75) is 12.5 Å². The first kappa shape index (κ1) is 16.1. The second-order valence-electron chi connectivity index (χ2n) is 5.52. The number of carbonyl (C=O) groups excluding carboxylic acids is 3. The number of nitrogens with one attached hydrogen (secondary N) is 2. The molecular formula is C16H14FN3O3S. The minimum atomic E-state index is -1.18. The van der Waals surface area contributed by atoms with Crippen LogP contribution in [0.2, 0.25) is 0 Å². The fraction of sp³-hybridized carbons (Fsp3) is 0.188. The zero-order valence-corrected chi connectivity index (χ0v) is 13.5. The Morgan fingerprint density at radius 2 is 2.17 bits per heavy atom. The van der Waals surface area contributed by atoms with Crippen LogP contribution in [0.25, 0.3) is 0 Å². The van der Waals surface area contributed by atoms with Crippen molar-refractivity contribution >= 4 is 34.9 Å². The maximum atomic E-state index is 13.1. The second-order valence-corrected chi connectivity index (χ2v) is 6.30. The molecule has 3 rings (SSSR count). The summed E-state index contributed by atoms with van der Waals surface area (Å²) < 4.78 is 13.1. The van der Waals surface area contributed by atoms with Crippen LogP contribution in [0, 0.1) is 5.82 Å². The molecule has 0 spiro atoms. The van der Waals surface area contributed by atoms with Crippen molar-refractivity contribution in [2.24, 2.45) is 0 Å². The number of urea groups is 1. The average Bonchev–Trinajstić information content (AvgIpc) is 3.12. The Hall–Kier alpha value is -2.74. The topological polar surface area (TPSA) is 78.5 Å². The number of rotatable bonds is 4. The van der Waals surface area contributed by atoms with Crippen LogP contribution in [-0.2, 0) is 15.1 Å². The normalized spacial score (nSPS) is 20.2. The van der Waals surface area contributed by atoms with Gasteiger partial charge in [-0.05, 0) is 47.5 Å². The summed E-state index contributed by atoms with van der Waals surface area (Å²) >= 11 is 1.41. The van der Waals surface area contributed by atoms with Crippen LogP contribution in [0.15, 0.2) is 41.1 Å². The standard InChI is InChI=1S/C16H14FN3O3S/c1-16(10-5-6-24-9-10)14(22)20(15(23)19-16)8-13(21)18-12-4-2-3-11(17)7-12/h2-7,9H,8H2,1H3,(H,18,21)(H,19,23). The molecule has 1 atom stereocenters. The third-order valence-corrected chi connectivity index (χ3v) is 4.47. The number of imide groups is 1. The van der Waals surface area contributed by atoms with Crippen molar-refractivity contribution in [1.82, 2.24) is 10.2 Å². The van der Waals surface area contributed by atoms with E-state index in [9.17, 15) is 18.8 Å². The van der Waals surface area contributed by atoms with Gasteiger partial charge < -0.3 is 10.6 Å². The SMILES string of the molecule is CC1(c2ccsc2)NC(=O)N(CC(=O)Nc2cccc(F)c2)C1=O. The Kier molecular flexibility index (Phi) is 4.06. The molecule has 0 radical (unpaired) electrons. The third kappa shape index (κ3) is 2.88. The van der Waals surface area contributed by atoms with Gasteiger partial charge in [-0.25, -0.2) is 9.18 Å². The van der Waals surface area contributed by atoms with E-state index in [-0.39, 0.29) is 5.69 Å². The van der Waals surface area contributed by atoms with Crippen molar-refractivity contribution < 1.29 is 18.8 Å². The van der Waals surface area contributed by atoms with Crippen LogP contribution in [0.5, 0.6) is 0 Å². The Morgan fingerprint density at radius 1 is 1.38 bits per heavy atom. The molecule has 24 heavy (non-hydrogen) atoms. The Labute approximate surface area is 141 Å². The fourth-order valence-corrected chi connectivity index (χ4v) is 3.26. The van der Waals surface area contributed by atoms with Crippen LogP contribution in [0.4, 0.5) is 14.9 Å². The highest BCUT2D eigenvalue weighted by Crippen LogP contribution is 2.30. The van der Waals surface area contributed by atoms with Gasteiger partial charge in [0, 0.05) is 5.69 Å². The molecule has 2 N–H and O–H groups in total. The molecule has 0 saturated carbocycles. The van der Waals surface area contributed by atoms with Crippen molar-refractivity contribution in [2.75, 3.05) is 11.9 Å². The summed E-state index contributed by atoms with van der Waals surface area (Å²) in [7, 11) is 0. The van der Waals surface area contributed by atoms with E-state index in [1.807, 2.05) is 0 Å². The molecule has 1 aromatic carbocycles. The summed E-state index contributed by atoms with van der Waals surface area (Å²) in [5.74, 6) is -1.58. The summed E-state index contributed by atoms with van der Waals surface area (Å²) in [6.07, 6.45) is 0. The average molecular weight is 347 g/mol. The highest BCUT2D eigenvalue weighted by Gasteiger charge is 2.49. The van der Waals surface area contributed by atoms with Crippen LogP contribution >= 0.6 is 11.3 Å². The number of hydrogen-bond donors (Lipinski definition) is 2. The van der Waals surface area contributed by atoms with E-state index in [0.717, 1.165) is 11.0 Å². The van der Waals surface area contributed by atoms with Crippen LogP contribution in [0.3, 0.4) is 0 Å². The maximum Gasteiger partial charge on any atom is 0.325 e. The number of anilines is 1. The largest absolute Gasteiger partial charge is 0.325 e. The monoisotopic (exact) mass is 347 g/mol. The predicted octanol–water partition coefficient (Wildman–Crippen LogP) is 2.29. The van der Waals surface area contributed by atoms with Crippen LogP contribution < -0.4 is 10.6 Å². The van der Waals surface area contributed by atoms with E-state index < -0.39 is 35.7 Å². The van der Waals surface area contributed by atoms with Crippen LogP contribution in [-0.4, -0.2) is 29.3 Å². The lowest BCUT2D eigenvalue weighted by atomic mass is 9.95. The van der Waals surface area contributed by atoms with Gasteiger partial charge in [0.25, 0.3) is 5.91 Å². The molecule has 6 nitrogen and oxygen atoms in total. The second kappa shape index (κ2) is 6.04. The smallest absolute Gasteiger partial charge is 0.324 e. The molecular weight excluding hydrogens is 333 g/mol. The summed E-state index contributed by atoms with van der Waals surface area (Å²) in [6.45, 7) is 1.15. The molecule has 1 unspecified atom stereocenters. The lowest BCUT2D eigenvalue weighted by molar-refractivity contribution is -0.133. The summed E-state index contributed by atoms with van der Waals surface area (Å²) in [4.78, 5) is 37.6. The number of nitrogens with zero attached hydrogens (tertiary/aromatic N) is 1. The molecule has 8 heteroatoms. The summed E-state index contributed by atoms with van der Waals surface area (Å²) in [5, 5.41) is 8.65. The van der Waals surface area contributed by atoms with Crippen molar-refractivity contribution in [1.29, 1.82) is 0 Å². The fourth-order valence-electron chi connectivity index (χ4n) is 2.50. The Balaban J connectivity index is 1.72. The predicted molar refractivity (Wildman–Crippen MR) is 86.9 cm³/mol. The highest BCUT2D eigenvalue weighted by atomic mass is 32.1. The molecule has 0 bridgehead atoms. The lowest BCUT2D eigenvalue weighted by Gasteiger charge is -2.20. The molecule has 1 saturated heterocycles. The zero-order chi connectivity index (χ0) is 17.3. The third-order valence-electron chi connectivity index (χ3n) is 3.78. The molecule has 4 amide bonds. The number of benzene rings is 1. The molecule has 1 fully saturated rings. The Bertz CT molecular complexity index is 809. The minimum absolute atomic E-state index is 0.257. The number of carbonyl (C=O) groups is 3. The van der Waals surface area contributed by atoms with Gasteiger partial charge in [-0.2, -0.15) is 11.3 Å². The molecule has 124 valence electrons. The minimum Gasteiger partial charge on any atom is -0.324 e. The number of amides is 4. The van der Waals surface area contributed by atoms with E-state index in [1.165, 1.54) is 29.5 Å². The number of hydrogen-bond acceptors (Lipinski definition) is 4. The summed E-state index contributed by atoms with van der Waals surface area (Å²) in [5.41, 5.74) is -0.262.